The van der Waals surface area contributed by atoms with Crippen molar-refractivity contribution in [3.63, 3.8) is 0 Å². The van der Waals surface area contributed by atoms with E-state index in [1.165, 1.54) is 19.3 Å². The van der Waals surface area contributed by atoms with E-state index < -0.39 is 0 Å². The maximum atomic E-state index is 5.95. The predicted octanol–water partition coefficient (Wildman–Crippen LogP) is 4.80. The third-order valence-corrected chi connectivity index (χ3v) is 3.78. The van der Waals surface area contributed by atoms with Crippen molar-refractivity contribution in [1.82, 2.24) is 4.90 Å². The Balaban J connectivity index is 1.78. The van der Waals surface area contributed by atoms with Crippen LogP contribution in [0.5, 0.6) is 5.75 Å². The summed E-state index contributed by atoms with van der Waals surface area (Å²) in [6, 6.07) is 19.7. The number of hydrogen-bond donors (Lipinski definition) is 0. The molecule has 0 aromatic heterocycles. The molecule has 1 aliphatic rings. The topological polar surface area (TPSA) is 24.8 Å². The summed E-state index contributed by atoms with van der Waals surface area (Å²) in [5.74, 6) is 1.40. The molecule has 0 unspecified atom stereocenters. The standard InChI is InChI=1S/C20H22N2O/c1-4-10-18(11-5-1)21-20(23-19-12-6-2-7-13-19)14-17-22-15-8-3-9-16-22/h1-2,4-7,10-14,17H,3,8-9,15-16H2. The van der Waals surface area contributed by atoms with Gasteiger partial charge in [-0.2, -0.15) is 0 Å². The van der Waals surface area contributed by atoms with Crippen LogP contribution in [0.1, 0.15) is 19.3 Å². The van der Waals surface area contributed by atoms with Gasteiger partial charge in [-0.3, -0.25) is 0 Å². The number of para-hydroxylation sites is 2. The van der Waals surface area contributed by atoms with Gasteiger partial charge in [0.1, 0.15) is 5.75 Å². The van der Waals surface area contributed by atoms with E-state index in [2.05, 4.69) is 16.1 Å². The van der Waals surface area contributed by atoms with Gasteiger partial charge in [-0.15, -0.1) is 0 Å². The van der Waals surface area contributed by atoms with Crippen molar-refractivity contribution in [3.05, 3.63) is 72.9 Å². The first-order chi connectivity index (χ1) is 11.4. The minimum Gasteiger partial charge on any atom is -0.439 e. The summed E-state index contributed by atoms with van der Waals surface area (Å²) >= 11 is 0. The van der Waals surface area contributed by atoms with Gasteiger partial charge in [0, 0.05) is 25.4 Å². The zero-order chi connectivity index (χ0) is 15.7. The number of ether oxygens (including phenoxy) is 1. The first-order valence-corrected chi connectivity index (χ1v) is 8.19. The molecule has 1 aliphatic heterocycles. The quantitative estimate of drug-likeness (QED) is 0.599. The zero-order valence-corrected chi connectivity index (χ0v) is 13.3. The van der Waals surface area contributed by atoms with Crippen molar-refractivity contribution in [3.8, 4) is 5.75 Å². The molecule has 1 saturated heterocycles. The molecular formula is C20H22N2O. The first-order valence-electron chi connectivity index (χ1n) is 8.19. The lowest BCUT2D eigenvalue weighted by molar-refractivity contribution is 0.309. The van der Waals surface area contributed by atoms with E-state index in [0.29, 0.717) is 5.90 Å². The molecule has 118 valence electrons. The highest BCUT2D eigenvalue weighted by Gasteiger charge is 2.06. The lowest BCUT2D eigenvalue weighted by Crippen LogP contribution is -2.24. The van der Waals surface area contributed by atoms with E-state index >= 15 is 0 Å². The Kier molecular flexibility index (Phi) is 5.46. The number of nitrogens with zero attached hydrogens (tertiary/aromatic N) is 2. The molecule has 2 aromatic rings. The van der Waals surface area contributed by atoms with E-state index in [4.69, 9.17) is 4.74 Å². The molecule has 0 radical (unpaired) electrons. The Hall–Kier alpha value is -2.55. The molecular weight excluding hydrogens is 284 g/mol. The number of piperidine rings is 1. The fourth-order valence-electron chi connectivity index (χ4n) is 2.57. The van der Waals surface area contributed by atoms with Gasteiger partial charge in [-0.05, 0) is 43.5 Å². The predicted molar refractivity (Wildman–Crippen MR) is 95.2 cm³/mol. The maximum Gasteiger partial charge on any atom is 0.221 e. The molecule has 0 spiro atoms. The third-order valence-electron chi connectivity index (χ3n) is 3.78. The largest absolute Gasteiger partial charge is 0.439 e. The number of likely N-dealkylation sites (tertiary alicyclic amines) is 1. The number of benzene rings is 2. The van der Waals surface area contributed by atoms with Crippen molar-refractivity contribution < 1.29 is 4.74 Å². The van der Waals surface area contributed by atoms with Crippen LogP contribution in [0, 0.1) is 0 Å². The summed E-state index contributed by atoms with van der Waals surface area (Å²) in [5.41, 5.74) is 0.890. The van der Waals surface area contributed by atoms with Gasteiger partial charge in [0.25, 0.3) is 0 Å². The minimum absolute atomic E-state index is 0.605. The molecule has 0 amide bonds. The van der Waals surface area contributed by atoms with Gasteiger partial charge in [-0.25, -0.2) is 4.99 Å². The summed E-state index contributed by atoms with van der Waals surface area (Å²) in [7, 11) is 0. The van der Waals surface area contributed by atoms with Crippen molar-refractivity contribution in [2.24, 2.45) is 4.99 Å². The SMILES string of the molecule is C(=CN1CCCCC1)C(=Nc1ccccc1)Oc1ccccc1. The first kappa shape index (κ1) is 15.3. The number of rotatable bonds is 4. The Morgan fingerprint density at radius 3 is 2.22 bits per heavy atom. The summed E-state index contributed by atoms with van der Waals surface area (Å²) < 4.78 is 5.95. The Labute approximate surface area is 137 Å². The van der Waals surface area contributed by atoms with Crippen LogP contribution in [0.3, 0.4) is 0 Å². The Morgan fingerprint density at radius 2 is 1.52 bits per heavy atom. The highest BCUT2D eigenvalue weighted by molar-refractivity contribution is 5.91. The molecule has 0 N–H and O–H groups in total. The molecule has 23 heavy (non-hydrogen) atoms. The summed E-state index contributed by atoms with van der Waals surface area (Å²) in [4.78, 5) is 6.95. The van der Waals surface area contributed by atoms with Gasteiger partial charge in [0.2, 0.25) is 5.90 Å². The molecule has 1 fully saturated rings. The van der Waals surface area contributed by atoms with Crippen LogP contribution < -0.4 is 4.74 Å². The molecule has 0 aliphatic carbocycles. The van der Waals surface area contributed by atoms with E-state index in [0.717, 1.165) is 24.5 Å². The van der Waals surface area contributed by atoms with Crippen LogP contribution in [0.4, 0.5) is 5.69 Å². The van der Waals surface area contributed by atoms with Crippen molar-refractivity contribution in [1.29, 1.82) is 0 Å². The van der Waals surface area contributed by atoms with Crippen molar-refractivity contribution >= 4 is 11.6 Å². The highest BCUT2D eigenvalue weighted by Crippen LogP contribution is 2.15. The van der Waals surface area contributed by atoms with Gasteiger partial charge in [0.05, 0.1) is 5.69 Å². The molecule has 3 rings (SSSR count). The number of hydrogen-bond acceptors (Lipinski definition) is 3. The van der Waals surface area contributed by atoms with Crippen LogP contribution in [0.15, 0.2) is 77.9 Å². The fraction of sp³-hybridized carbons (Fsp3) is 0.250. The van der Waals surface area contributed by atoms with E-state index in [-0.39, 0.29) is 0 Å². The zero-order valence-electron chi connectivity index (χ0n) is 13.3. The second-order valence-corrected chi connectivity index (χ2v) is 5.61. The van der Waals surface area contributed by atoms with Crippen LogP contribution in [0.25, 0.3) is 0 Å². The monoisotopic (exact) mass is 306 g/mol. The lowest BCUT2D eigenvalue weighted by Gasteiger charge is -2.24. The summed E-state index contributed by atoms with van der Waals surface area (Å²) in [6.45, 7) is 2.22. The third kappa shape index (κ3) is 4.99. The molecule has 0 saturated carbocycles. The highest BCUT2D eigenvalue weighted by atomic mass is 16.5. The second-order valence-electron chi connectivity index (χ2n) is 5.61. The van der Waals surface area contributed by atoms with E-state index in [9.17, 15) is 0 Å². The fourth-order valence-corrected chi connectivity index (χ4v) is 2.57. The molecule has 0 atom stereocenters. The van der Waals surface area contributed by atoms with Gasteiger partial charge < -0.3 is 9.64 Å². The second kappa shape index (κ2) is 8.18. The Bertz CT molecular complexity index is 644. The smallest absolute Gasteiger partial charge is 0.221 e. The molecule has 0 bridgehead atoms. The average molecular weight is 306 g/mol. The number of aliphatic imine (C=N–C) groups is 1. The van der Waals surface area contributed by atoms with Gasteiger partial charge in [-0.1, -0.05) is 36.4 Å². The Morgan fingerprint density at radius 1 is 0.870 bits per heavy atom. The van der Waals surface area contributed by atoms with Crippen molar-refractivity contribution in [2.45, 2.75) is 19.3 Å². The lowest BCUT2D eigenvalue weighted by atomic mass is 10.1. The van der Waals surface area contributed by atoms with E-state index in [1.807, 2.05) is 66.7 Å². The van der Waals surface area contributed by atoms with Crippen LogP contribution in [0.2, 0.25) is 0 Å². The van der Waals surface area contributed by atoms with Crippen LogP contribution in [-0.2, 0) is 0 Å². The van der Waals surface area contributed by atoms with Gasteiger partial charge in [0.15, 0.2) is 0 Å². The average Bonchev–Trinajstić information content (AvgIpc) is 2.62. The normalized spacial score (nSPS) is 15.8. The van der Waals surface area contributed by atoms with Crippen LogP contribution >= 0.6 is 0 Å². The minimum atomic E-state index is 0.605. The molecule has 2 aromatic carbocycles. The van der Waals surface area contributed by atoms with Crippen LogP contribution in [-0.4, -0.2) is 23.9 Å². The molecule has 3 heteroatoms. The molecule has 3 nitrogen and oxygen atoms in total. The summed E-state index contributed by atoms with van der Waals surface area (Å²) in [5, 5.41) is 0. The summed E-state index contributed by atoms with van der Waals surface area (Å²) in [6.07, 6.45) is 7.91. The van der Waals surface area contributed by atoms with Crippen molar-refractivity contribution in [2.75, 3.05) is 13.1 Å². The maximum absolute atomic E-state index is 5.95. The van der Waals surface area contributed by atoms with Gasteiger partial charge >= 0.3 is 0 Å². The molecule has 1 heterocycles. The van der Waals surface area contributed by atoms with E-state index in [1.54, 1.807) is 0 Å².